The lowest BCUT2D eigenvalue weighted by molar-refractivity contribution is 0.0390. The first-order chi connectivity index (χ1) is 18.6. The van der Waals surface area contributed by atoms with Crippen LogP contribution < -0.4 is 0 Å². The molecule has 0 radical (unpaired) electrons. The average Bonchev–Trinajstić information content (AvgIpc) is 2.89. The van der Waals surface area contributed by atoms with Crippen molar-refractivity contribution in [3.05, 3.63) is 66.6 Å². The minimum Gasteiger partial charge on any atom is -0.396 e. The monoisotopic (exact) mass is 599 g/mol. The number of benzene rings is 5. The third-order valence-electron chi connectivity index (χ3n) is 7.48. The summed E-state index contributed by atoms with van der Waals surface area (Å²) < 4.78 is 4.90. The number of fused-ring (bicyclic) bond motifs is 2. The highest BCUT2D eigenvalue weighted by molar-refractivity contribution is 6.55. The van der Waals surface area contributed by atoms with E-state index in [0.717, 1.165) is 4.90 Å². The van der Waals surface area contributed by atoms with Gasteiger partial charge >= 0.3 is 11.9 Å². The van der Waals surface area contributed by atoms with Crippen LogP contribution in [-0.2, 0) is 4.74 Å². The molecule has 0 atom stereocenters. The van der Waals surface area contributed by atoms with E-state index in [-0.39, 0.29) is 55.5 Å². The van der Waals surface area contributed by atoms with Gasteiger partial charge in [-0.05, 0) is 37.1 Å². The molecule has 0 unspecified atom stereocenters. The number of rotatable bonds is 4. The Morgan fingerprint density at radius 1 is 0.564 bits per heavy atom. The average molecular weight is 601 g/mol. The van der Waals surface area contributed by atoms with Crippen LogP contribution in [0.5, 0.6) is 0 Å². The van der Waals surface area contributed by atoms with E-state index in [2.05, 4.69) is 0 Å². The normalized spacial score (nSPS) is 15.1. The van der Waals surface area contributed by atoms with Crippen LogP contribution in [0.3, 0.4) is 0 Å². The largest absolute Gasteiger partial charge is 0.396 e. The molecule has 5 aromatic rings. The first kappa shape index (κ1) is 24.8. The Labute approximate surface area is 239 Å². The maximum atomic E-state index is 13.6. The third kappa shape index (κ3) is 3.11. The number of hydrogen-bond donors (Lipinski definition) is 1. The summed E-state index contributed by atoms with van der Waals surface area (Å²) in [4.78, 5) is 53.6. The number of amides is 2. The van der Waals surface area contributed by atoms with Gasteiger partial charge < -0.3 is 9.84 Å². The zero-order chi connectivity index (χ0) is 27.5. The zero-order valence-electron chi connectivity index (χ0n) is 19.6. The van der Waals surface area contributed by atoms with Gasteiger partial charge in [-0.15, -0.1) is 0 Å². The molecular weight excluding hydrogens is 588 g/mol. The number of imide groups is 1. The van der Waals surface area contributed by atoms with Crippen molar-refractivity contribution in [2.75, 3.05) is 13.2 Å². The number of ether oxygens (including phenoxy) is 1. The fourth-order valence-electron chi connectivity index (χ4n) is 5.94. The molecule has 0 fully saturated rings. The van der Waals surface area contributed by atoms with Crippen molar-refractivity contribution in [1.29, 1.82) is 0 Å². The topological polar surface area (TPSA) is 101 Å². The van der Waals surface area contributed by atoms with Gasteiger partial charge in [0.05, 0.1) is 22.3 Å². The lowest BCUT2D eigenvalue weighted by Gasteiger charge is -2.30. The number of aliphatic hydroxyl groups excluding tert-OH is 1. The number of aliphatic hydroxyl groups is 1. The summed E-state index contributed by atoms with van der Waals surface area (Å²) in [5.74, 6) is -2.73. The zero-order valence-corrected chi connectivity index (χ0v) is 22.6. The Kier molecular flexibility index (Phi) is 5.34. The van der Waals surface area contributed by atoms with E-state index in [1.165, 1.54) is 24.3 Å². The predicted molar refractivity (Wildman–Crippen MR) is 149 cm³/mol. The summed E-state index contributed by atoms with van der Waals surface area (Å²) in [6, 6.07) is 5.80. The number of cyclic esters (lactones) is 2. The third-order valence-corrected chi connectivity index (χ3v) is 8.68. The standard InChI is InChI=1S/C28H13Cl4NO6/c29-13-5-9-17-10(26(36)33(25(9)35)3-1-2-4-34)6-14(30)20-22-16(32)8-12-18-11(27(37)39-28(12)38)7-15(31)21(24(18)22)19(13)23(17)20/h5-8,34H,1-4H2. The number of carbonyl (C=O) groups excluding carboxylic acids is 4. The second-order valence-electron chi connectivity index (χ2n) is 9.49. The van der Waals surface area contributed by atoms with Crippen LogP contribution >= 0.6 is 46.4 Å². The van der Waals surface area contributed by atoms with Crippen molar-refractivity contribution >= 4 is 113 Å². The van der Waals surface area contributed by atoms with E-state index >= 15 is 0 Å². The SMILES string of the molecule is O=C1OC(=O)c2cc(Cl)c3c4c(Cl)cc5c6c(cc(Cl)c(c7c(Cl)cc1c2c73)c64)C(=O)N(CCCCO)C5=O. The van der Waals surface area contributed by atoms with Crippen LogP contribution in [0.2, 0.25) is 20.1 Å². The maximum Gasteiger partial charge on any atom is 0.346 e. The van der Waals surface area contributed by atoms with Gasteiger partial charge in [0.15, 0.2) is 0 Å². The number of carbonyl (C=O) groups is 4. The van der Waals surface area contributed by atoms with Crippen molar-refractivity contribution in [3.63, 3.8) is 0 Å². The summed E-state index contributed by atoms with van der Waals surface area (Å²) >= 11 is 27.3. The molecule has 194 valence electrons. The molecule has 0 saturated heterocycles. The molecule has 0 spiro atoms. The second-order valence-corrected chi connectivity index (χ2v) is 11.1. The maximum absolute atomic E-state index is 13.6. The number of unbranched alkanes of at least 4 members (excludes halogenated alkanes) is 1. The second kappa shape index (κ2) is 8.40. The van der Waals surface area contributed by atoms with Gasteiger partial charge in [-0.1, -0.05) is 46.4 Å². The first-order valence-corrected chi connectivity index (χ1v) is 13.4. The summed E-state index contributed by atoms with van der Waals surface area (Å²) in [5.41, 5.74) is 0.624. The Hall–Kier alpha value is -3.20. The van der Waals surface area contributed by atoms with Crippen molar-refractivity contribution in [1.82, 2.24) is 4.90 Å². The summed E-state index contributed by atoms with van der Waals surface area (Å²) in [6.45, 7) is 0.0549. The molecule has 0 aliphatic carbocycles. The molecule has 0 aromatic heterocycles. The Balaban J connectivity index is 1.72. The molecule has 11 heteroatoms. The van der Waals surface area contributed by atoms with E-state index in [9.17, 15) is 19.2 Å². The van der Waals surface area contributed by atoms with Crippen LogP contribution in [0, 0.1) is 0 Å². The molecule has 0 bridgehead atoms. The number of esters is 2. The predicted octanol–water partition coefficient (Wildman–Crippen LogP) is 7.03. The van der Waals surface area contributed by atoms with Crippen LogP contribution in [-0.4, -0.2) is 46.9 Å². The molecule has 5 aromatic carbocycles. The molecule has 1 N–H and O–H groups in total. The Morgan fingerprint density at radius 2 is 0.949 bits per heavy atom. The summed E-state index contributed by atoms with van der Waals surface area (Å²) in [6.07, 6.45) is 0.854. The number of halogens is 4. The Morgan fingerprint density at radius 3 is 1.36 bits per heavy atom. The molecule has 2 amide bonds. The van der Waals surface area contributed by atoms with E-state index in [0.29, 0.717) is 55.9 Å². The van der Waals surface area contributed by atoms with E-state index in [1.807, 2.05) is 0 Å². The van der Waals surface area contributed by atoms with Crippen molar-refractivity contribution in [2.45, 2.75) is 12.8 Å². The van der Waals surface area contributed by atoms with Crippen molar-refractivity contribution < 1.29 is 29.0 Å². The molecule has 0 saturated carbocycles. The van der Waals surface area contributed by atoms with E-state index < -0.39 is 23.8 Å². The minimum absolute atomic E-state index is 0.0635. The van der Waals surface area contributed by atoms with Gasteiger partial charge in [0, 0.05) is 76.3 Å². The highest BCUT2D eigenvalue weighted by atomic mass is 35.5. The van der Waals surface area contributed by atoms with Gasteiger partial charge in [-0.2, -0.15) is 0 Å². The molecule has 7 rings (SSSR count). The molecule has 7 nitrogen and oxygen atoms in total. The fraction of sp³-hybridized carbons (Fsp3) is 0.143. The highest BCUT2D eigenvalue weighted by Crippen LogP contribution is 2.53. The highest BCUT2D eigenvalue weighted by Gasteiger charge is 2.38. The number of hydrogen-bond acceptors (Lipinski definition) is 6. The number of nitrogens with zero attached hydrogens (tertiary/aromatic N) is 1. The van der Waals surface area contributed by atoms with Crippen molar-refractivity contribution in [3.8, 4) is 0 Å². The van der Waals surface area contributed by atoms with Crippen LogP contribution in [0.4, 0.5) is 0 Å². The smallest absolute Gasteiger partial charge is 0.346 e. The van der Waals surface area contributed by atoms with Crippen LogP contribution in [0.1, 0.15) is 54.3 Å². The lowest BCUT2D eigenvalue weighted by Crippen LogP contribution is -2.41. The van der Waals surface area contributed by atoms with Gasteiger partial charge in [0.25, 0.3) is 11.8 Å². The fourth-order valence-corrected chi connectivity index (χ4v) is 7.13. The molecule has 2 heterocycles. The molecule has 2 aliphatic heterocycles. The van der Waals surface area contributed by atoms with Gasteiger partial charge in [0.1, 0.15) is 0 Å². The van der Waals surface area contributed by atoms with Gasteiger partial charge in [-0.25, -0.2) is 9.59 Å². The summed E-state index contributed by atoms with van der Waals surface area (Å²) in [5, 5.41) is 12.9. The minimum atomic E-state index is -0.847. The summed E-state index contributed by atoms with van der Waals surface area (Å²) in [7, 11) is 0. The molecular formula is C28H13Cl4NO6. The van der Waals surface area contributed by atoms with E-state index in [4.69, 9.17) is 56.2 Å². The Bertz CT molecular complexity index is 1910. The van der Waals surface area contributed by atoms with Gasteiger partial charge in [0.2, 0.25) is 0 Å². The van der Waals surface area contributed by atoms with Gasteiger partial charge in [-0.3, -0.25) is 14.5 Å². The van der Waals surface area contributed by atoms with E-state index in [1.54, 1.807) is 0 Å². The van der Waals surface area contributed by atoms with Crippen molar-refractivity contribution in [2.24, 2.45) is 0 Å². The first-order valence-electron chi connectivity index (χ1n) is 11.9. The lowest BCUT2D eigenvalue weighted by atomic mass is 9.82. The quantitative estimate of drug-likeness (QED) is 0.0593. The molecule has 2 aliphatic rings. The van der Waals surface area contributed by atoms with Crippen LogP contribution in [0.15, 0.2) is 24.3 Å². The van der Waals surface area contributed by atoms with Crippen LogP contribution in [0.25, 0.3) is 43.1 Å². The molecule has 39 heavy (non-hydrogen) atoms.